The molecule has 1 spiro atoms. The van der Waals surface area contributed by atoms with Gasteiger partial charge in [-0.05, 0) is 46.1 Å². The van der Waals surface area contributed by atoms with E-state index in [-0.39, 0.29) is 44.6 Å². The summed E-state index contributed by atoms with van der Waals surface area (Å²) in [5.41, 5.74) is 0.455. The first-order chi connectivity index (χ1) is 22.0. The van der Waals surface area contributed by atoms with Crippen molar-refractivity contribution >= 4 is 17.9 Å². The van der Waals surface area contributed by atoms with E-state index in [1.807, 2.05) is 0 Å². The van der Waals surface area contributed by atoms with Gasteiger partial charge in [-0.15, -0.1) is 0 Å². The predicted molar refractivity (Wildman–Crippen MR) is 165 cm³/mol. The Morgan fingerprint density at radius 3 is 2.70 bits per heavy atom. The van der Waals surface area contributed by atoms with Gasteiger partial charge in [-0.1, -0.05) is 42.4 Å². The molecule has 11 nitrogen and oxygen atoms in total. The lowest BCUT2D eigenvalue weighted by Crippen LogP contribution is -2.66. The highest BCUT2D eigenvalue weighted by molar-refractivity contribution is 5.90. The maximum absolute atomic E-state index is 13.2. The van der Waals surface area contributed by atoms with Crippen LogP contribution in [0, 0.1) is 10.8 Å². The molecule has 2 aliphatic carbocycles. The van der Waals surface area contributed by atoms with Crippen LogP contribution < -0.4 is 0 Å². The smallest absolute Gasteiger partial charge is 0.334 e. The molecule has 0 aromatic heterocycles. The fourth-order valence-corrected chi connectivity index (χ4v) is 7.57. The summed E-state index contributed by atoms with van der Waals surface area (Å²) in [7, 11) is 0. The van der Waals surface area contributed by atoms with E-state index in [9.17, 15) is 24.6 Å². The number of ether oxygens (including phenoxy) is 6. The maximum atomic E-state index is 13.2. The van der Waals surface area contributed by atoms with Crippen LogP contribution in [0.3, 0.4) is 0 Å². The number of aliphatic hydroxyl groups is 2. The summed E-state index contributed by atoms with van der Waals surface area (Å²) >= 11 is 0. The normalized spacial score (nSPS) is 34.7. The number of rotatable bonds is 14. The van der Waals surface area contributed by atoms with Crippen molar-refractivity contribution < 1.29 is 53.0 Å². The fraction of sp³-hybridized carbons (Fsp3) is 0.629. The van der Waals surface area contributed by atoms with Crippen LogP contribution in [0.5, 0.6) is 0 Å². The molecule has 5 rings (SSSR count). The molecule has 0 radical (unpaired) electrons. The first-order valence-electron chi connectivity index (χ1n) is 16.1. The summed E-state index contributed by atoms with van der Waals surface area (Å²) in [5.74, 6) is -1.37. The first kappa shape index (κ1) is 34.3. The van der Waals surface area contributed by atoms with Gasteiger partial charge in [0, 0.05) is 42.6 Å². The van der Waals surface area contributed by atoms with Crippen molar-refractivity contribution in [2.45, 2.75) is 95.9 Å². The first-order valence-corrected chi connectivity index (χ1v) is 16.1. The summed E-state index contributed by atoms with van der Waals surface area (Å²) < 4.78 is 35.5. The largest absolute Gasteiger partial charge is 0.462 e. The minimum Gasteiger partial charge on any atom is -0.462 e. The Hall–Kier alpha value is -3.09. The van der Waals surface area contributed by atoms with Crippen molar-refractivity contribution in [3.8, 4) is 0 Å². The minimum atomic E-state index is -0.811. The molecule has 2 unspecified atom stereocenters. The number of fused-ring (bicyclic) bond motifs is 2. The van der Waals surface area contributed by atoms with Crippen molar-refractivity contribution in [2.24, 2.45) is 10.8 Å². The molecule has 1 saturated carbocycles. The molecule has 2 N–H and O–H groups in total. The highest BCUT2D eigenvalue weighted by atomic mass is 16.6. The average Bonchev–Trinajstić information content (AvgIpc) is 3.68. The van der Waals surface area contributed by atoms with Crippen molar-refractivity contribution in [1.29, 1.82) is 0 Å². The number of carbonyl (C=O) groups excluding carboxylic acids is 3. The molecule has 3 heterocycles. The van der Waals surface area contributed by atoms with Gasteiger partial charge < -0.3 is 38.6 Å². The van der Waals surface area contributed by atoms with Gasteiger partial charge in [-0.3, -0.25) is 0 Å². The summed E-state index contributed by atoms with van der Waals surface area (Å²) in [6.07, 6.45) is 11.4. The quantitative estimate of drug-likeness (QED) is 0.0718. The molecule has 0 amide bonds. The number of epoxide rings is 1. The molecule has 0 aromatic rings. The highest BCUT2D eigenvalue weighted by Crippen LogP contribution is 2.72. The second-order valence-corrected chi connectivity index (χ2v) is 13.2. The molecule has 2 saturated heterocycles. The van der Waals surface area contributed by atoms with E-state index in [0.29, 0.717) is 37.9 Å². The second-order valence-electron chi connectivity index (χ2n) is 13.2. The topological polar surface area (TPSA) is 150 Å². The third-order valence-electron chi connectivity index (χ3n) is 10.4. The molecule has 46 heavy (non-hydrogen) atoms. The zero-order valence-corrected chi connectivity index (χ0v) is 27.1. The number of hydrogen-bond acceptors (Lipinski definition) is 11. The molecule has 0 aromatic carbocycles. The number of hydrogen-bond donors (Lipinski definition) is 2. The molecular formula is C35H46O11. The molecule has 11 heteroatoms. The fourth-order valence-electron chi connectivity index (χ4n) is 7.57. The summed E-state index contributed by atoms with van der Waals surface area (Å²) in [6.45, 7) is 8.51. The van der Waals surface area contributed by atoms with E-state index in [4.69, 9.17) is 28.4 Å². The van der Waals surface area contributed by atoms with E-state index in [1.165, 1.54) is 23.8 Å². The number of esters is 3. The highest BCUT2D eigenvalue weighted by Gasteiger charge is 2.83. The van der Waals surface area contributed by atoms with Crippen LogP contribution in [0.15, 0.2) is 59.3 Å². The zero-order valence-electron chi connectivity index (χ0n) is 27.1. The van der Waals surface area contributed by atoms with Crippen molar-refractivity contribution in [1.82, 2.24) is 0 Å². The molecule has 252 valence electrons. The van der Waals surface area contributed by atoms with Crippen LogP contribution in [0.25, 0.3) is 0 Å². The van der Waals surface area contributed by atoms with Gasteiger partial charge in [0.25, 0.3) is 0 Å². The van der Waals surface area contributed by atoms with Crippen molar-refractivity contribution in [3.05, 3.63) is 59.3 Å². The lowest BCUT2D eigenvalue weighted by molar-refractivity contribution is -0.232. The van der Waals surface area contributed by atoms with Crippen LogP contribution in [0.4, 0.5) is 0 Å². The van der Waals surface area contributed by atoms with Gasteiger partial charge >= 0.3 is 17.9 Å². The van der Waals surface area contributed by atoms with Crippen molar-refractivity contribution in [2.75, 3.05) is 33.0 Å². The summed E-state index contributed by atoms with van der Waals surface area (Å²) in [4.78, 5) is 37.6. The third-order valence-corrected chi connectivity index (χ3v) is 10.4. The maximum Gasteiger partial charge on any atom is 0.334 e. The molecule has 3 aliphatic heterocycles. The van der Waals surface area contributed by atoms with Gasteiger partial charge in [0.05, 0.1) is 36.9 Å². The Labute approximate surface area is 269 Å². The monoisotopic (exact) mass is 642 g/mol. The van der Waals surface area contributed by atoms with Crippen molar-refractivity contribution in [3.63, 3.8) is 0 Å². The minimum absolute atomic E-state index is 0.0526. The van der Waals surface area contributed by atoms with Gasteiger partial charge in [0.1, 0.15) is 31.0 Å². The average molecular weight is 643 g/mol. The van der Waals surface area contributed by atoms with E-state index < -0.39 is 46.7 Å². The Morgan fingerprint density at radius 1 is 1.24 bits per heavy atom. The third kappa shape index (κ3) is 6.53. The lowest BCUT2D eigenvalue weighted by atomic mass is 9.51. The van der Waals surface area contributed by atoms with E-state index in [1.54, 1.807) is 32.1 Å². The Morgan fingerprint density at radius 2 is 2.02 bits per heavy atom. The van der Waals surface area contributed by atoms with E-state index in [2.05, 4.69) is 19.9 Å². The second kappa shape index (κ2) is 13.9. The predicted octanol–water partition coefficient (Wildman–Crippen LogP) is 3.19. The van der Waals surface area contributed by atoms with Crippen LogP contribution >= 0.6 is 0 Å². The summed E-state index contributed by atoms with van der Waals surface area (Å²) in [5, 5.41) is 19.3. The van der Waals surface area contributed by atoms with E-state index >= 15 is 0 Å². The van der Waals surface area contributed by atoms with Gasteiger partial charge in [0.15, 0.2) is 0 Å². The Kier molecular flexibility index (Phi) is 10.4. The Bertz CT molecular complexity index is 1340. The molecule has 8 atom stereocenters. The molecular weight excluding hydrogens is 596 g/mol. The van der Waals surface area contributed by atoms with Crippen LogP contribution in [-0.4, -0.2) is 97.3 Å². The van der Waals surface area contributed by atoms with Gasteiger partial charge in [-0.25, -0.2) is 14.4 Å². The van der Waals surface area contributed by atoms with Crippen LogP contribution in [-0.2, 0) is 42.8 Å². The summed E-state index contributed by atoms with van der Waals surface area (Å²) in [6, 6.07) is 0. The number of aliphatic hydroxyl groups excluding tert-OH is 2. The molecule has 3 fully saturated rings. The molecule has 2 bridgehead atoms. The number of allylic oxidation sites excluding steroid dienone is 3. The molecule has 5 aliphatic rings. The van der Waals surface area contributed by atoms with Crippen LogP contribution in [0.2, 0.25) is 0 Å². The Balaban J connectivity index is 1.27. The van der Waals surface area contributed by atoms with Crippen LogP contribution in [0.1, 0.15) is 59.8 Å². The SMILES string of the molecule is CC1=C[C@H]2O[C@@H]3C[C@@H](OC(=O)/C=C/C=C\C(OCCC4=CCOC4=O)C(C)O)[C@](C)([C@@]2(COC(=O)/C=C(\C)CCO)CC1)[C@]31CO1. The van der Waals surface area contributed by atoms with E-state index in [0.717, 1.165) is 12.0 Å². The number of cyclic esters (lactones) is 1. The number of carbonyl (C=O) groups is 3. The standard InChI is InChI=1S/C35H46O11/c1-22-9-13-34(20-43-31(39)18-23(2)10-14-36)28(17-22)45-29-19-27(33(34,4)35(29)21-44-35)46-30(38)8-6-5-7-26(24(3)37)41-15-11-25-12-16-42-32(25)40/h5-8,12,17-18,24,26-29,36-37H,9-11,13-16,19-21H2,1-4H3/b7-5-,8-6+,23-18+/t24?,26?,27-,28-,29-,33-,34-,35+/m1/s1. The van der Waals surface area contributed by atoms with Gasteiger partial charge in [0.2, 0.25) is 0 Å². The zero-order chi connectivity index (χ0) is 33.1. The lowest BCUT2D eigenvalue weighted by Gasteiger charge is -2.58. The van der Waals surface area contributed by atoms with Gasteiger partial charge in [-0.2, -0.15) is 0 Å².